The van der Waals surface area contributed by atoms with Crippen LogP contribution in [0.5, 0.6) is 0 Å². The highest BCUT2D eigenvalue weighted by atomic mass is 32.2. The Morgan fingerprint density at radius 1 is 1.32 bits per heavy atom. The van der Waals surface area contributed by atoms with Gasteiger partial charge in [0.2, 0.25) is 10.0 Å². The lowest BCUT2D eigenvalue weighted by Gasteiger charge is -2.12. The van der Waals surface area contributed by atoms with Gasteiger partial charge in [-0.2, -0.15) is 0 Å². The summed E-state index contributed by atoms with van der Waals surface area (Å²) < 4.78 is 25.9. The van der Waals surface area contributed by atoms with Crippen molar-refractivity contribution in [2.75, 3.05) is 12.3 Å². The Kier molecular flexibility index (Phi) is 4.60. The number of aliphatic hydroxyl groups is 1. The summed E-state index contributed by atoms with van der Waals surface area (Å²) in [4.78, 5) is 0. The van der Waals surface area contributed by atoms with Crippen LogP contribution < -0.4 is 4.72 Å². The zero-order valence-electron chi connectivity index (χ0n) is 11.2. The first-order valence-electron chi connectivity index (χ1n) is 6.68. The number of hydrogen-bond acceptors (Lipinski definition) is 3. The second kappa shape index (κ2) is 6.03. The lowest BCUT2D eigenvalue weighted by atomic mass is 10.1. The molecular formula is C14H21NO3S. The molecule has 0 aromatic heterocycles. The minimum atomic E-state index is -3.26. The third-order valence-corrected chi connectivity index (χ3v) is 4.83. The fraction of sp³-hybridized carbons (Fsp3) is 0.571. The largest absolute Gasteiger partial charge is 0.387 e. The van der Waals surface area contributed by atoms with Gasteiger partial charge in [0.1, 0.15) is 0 Å². The van der Waals surface area contributed by atoms with Gasteiger partial charge in [-0.3, -0.25) is 0 Å². The maximum atomic E-state index is 11.7. The molecule has 1 fully saturated rings. The van der Waals surface area contributed by atoms with Crippen molar-refractivity contribution >= 4 is 10.0 Å². The average molecular weight is 283 g/mol. The van der Waals surface area contributed by atoms with Gasteiger partial charge >= 0.3 is 0 Å². The molecule has 1 aliphatic carbocycles. The molecule has 1 saturated carbocycles. The Bertz CT molecular complexity index is 506. The van der Waals surface area contributed by atoms with E-state index in [0.717, 1.165) is 30.4 Å². The molecule has 0 heterocycles. The minimum absolute atomic E-state index is 0.0378. The molecule has 1 aromatic carbocycles. The van der Waals surface area contributed by atoms with Gasteiger partial charge in [-0.25, -0.2) is 13.1 Å². The van der Waals surface area contributed by atoms with Crippen LogP contribution in [0.25, 0.3) is 0 Å². The Morgan fingerprint density at radius 3 is 2.53 bits per heavy atom. The molecule has 2 N–H and O–H groups in total. The van der Waals surface area contributed by atoms with E-state index >= 15 is 0 Å². The summed E-state index contributed by atoms with van der Waals surface area (Å²) in [5.74, 6) is 0.761. The van der Waals surface area contributed by atoms with E-state index in [0.29, 0.717) is 5.92 Å². The SMILES string of the molecule is Cc1ccc(C(O)CNS(=O)(=O)CCC2CC2)cc1. The van der Waals surface area contributed by atoms with E-state index in [1.807, 2.05) is 31.2 Å². The van der Waals surface area contributed by atoms with E-state index in [1.165, 1.54) is 0 Å². The van der Waals surface area contributed by atoms with E-state index in [9.17, 15) is 13.5 Å². The summed E-state index contributed by atoms with van der Waals surface area (Å²) in [5, 5.41) is 9.94. The highest BCUT2D eigenvalue weighted by Crippen LogP contribution is 2.32. The van der Waals surface area contributed by atoms with Crippen LogP contribution in [0.4, 0.5) is 0 Å². The number of aryl methyl sites for hydroxylation is 1. The molecule has 1 aliphatic rings. The predicted octanol–water partition coefficient (Wildman–Crippen LogP) is 1.75. The standard InChI is InChI=1S/C14H21NO3S/c1-11-2-6-13(7-3-11)14(16)10-15-19(17,18)9-8-12-4-5-12/h2-3,6-7,12,14-16H,4-5,8-10H2,1H3. The molecule has 1 unspecified atom stereocenters. The third-order valence-electron chi connectivity index (χ3n) is 3.45. The number of aliphatic hydroxyl groups excluding tert-OH is 1. The normalized spacial score (nSPS) is 17.4. The van der Waals surface area contributed by atoms with E-state index in [2.05, 4.69) is 4.72 Å². The summed E-state index contributed by atoms with van der Waals surface area (Å²) in [6, 6.07) is 7.44. The van der Waals surface area contributed by atoms with Crippen LogP contribution in [-0.2, 0) is 10.0 Å². The number of hydrogen-bond donors (Lipinski definition) is 2. The van der Waals surface area contributed by atoms with E-state index in [4.69, 9.17) is 0 Å². The Labute approximate surface area is 114 Å². The molecule has 0 radical (unpaired) electrons. The fourth-order valence-electron chi connectivity index (χ4n) is 1.91. The van der Waals surface area contributed by atoms with Crippen LogP contribution in [0.3, 0.4) is 0 Å². The van der Waals surface area contributed by atoms with Gasteiger partial charge < -0.3 is 5.11 Å². The smallest absolute Gasteiger partial charge is 0.211 e. The van der Waals surface area contributed by atoms with Crippen LogP contribution in [0.2, 0.25) is 0 Å². The van der Waals surface area contributed by atoms with Gasteiger partial charge in [0.05, 0.1) is 11.9 Å². The summed E-state index contributed by atoms with van der Waals surface area (Å²) in [5.41, 5.74) is 1.84. The predicted molar refractivity (Wildman–Crippen MR) is 75.3 cm³/mol. The Morgan fingerprint density at radius 2 is 1.95 bits per heavy atom. The molecule has 0 aliphatic heterocycles. The van der Waals surface area contributed by atoms with Crippen LogP contribution in [0, 0.1) is 12.8 Å². The quantitative estimate of drug-likeness (QED) is 0.801. The number of nitrogens with one attached hydrogen (secondary N) is 1. The summed E-state index contributed by atoms with van der Waals surface area (Å²) >= 11 is 0. The molecule has 2 rings (SSSR count). The molecular weight excluding hydrogens is 262 g/mol. The first-order valence-corrected chi connectivity index (χ1v) is 8.33. The van der Waals surface area contributed by atoms with Crippen molar-refractivity contribution in [2.24, 2.45) is 5.92 Å². The van der Waals surface area contributed by atoms with E-state index < -0.39 is 16.1 Å². The van der Waals surface area contributed by atoms with Crippen molar-refractivity contribution in [3.63, 3.8) is 0 Å². The van der Waals surface area contributed by atoms with Gasteiger partial charge in [0, 0.05) is 6.54 Å². The van der Waals surface area contributed by atoms with Crippen molar-refractivity contribution in [1.29, 1.82) is 0 Å². The molecule has 0 saturated heterocycles. The van der Waals surface area contributed by atoms with E-state index in [-0.39, 0.29) is 12.3 Å². The first-order chi connectivity index (χ1) is 8.96. The van der Waals surface area contributed by atoms with Crippen LogP contribution in [0.15, 0.2) is 24.3 Å². The lowest BCUT2D eigenvalue weighted by molar-refractivity contribution is 0.182. The van der Waals surface area contributed by atoms with Gasteiger partial charge in [0.15, 0.2) is 0 Å². The van der Waals surface area contributed by atoms with Crippen molar-refractivity contribution in [3.05, 3.63) is 35.4 Å². The van der Waals surface area contributed by atoms with Crippen LogP contribution in [-0.4, -0.2) is 25.8 Å². The van der Waals surface area contributed by atoms with Gasteiger partial charge in [-0.15, -0.1) is 0 Å². The van der Waals surface area contributed by atoms with Gasteiger partial charge in [0.25, 0.3) is 0 Å². The molecule has 0 spiro atoms. The fourth-order valence-corrected chi connectivity index (χ4v) is 3.11. The molecule has 0 bridgehead atoms. The summed E-state index contributed by atoms with van der Waals surface area (Å²) in [7, 11) is -3.26. The molecule has 1 atom stereocenters. The van der Waals surface area contributed by atoms with Crippen molar-refractivity contribution in [3.8, 4) is 0 Å². The molecule has 0 amide bonds. The Hall–Kier alpha value is -0.910. The molecule has 19 heavy (non-hydrogen) atoms. The van der Waals surface area contributed by atoms with Crippen LogP contribution in [0.1, 0.15) is 36.5 Å². The van der Waals surface area contributed by atoms with Crippen LogP contribution >= 0.6 is 0 Å². The zero-order valence-corrected chi connectivity index (χ0v) is 12.0. The van der Waals surface area contributed by atoms with E-state index in [1.54, 1.807) is 0 Å². The second-order valence-electron chi connectivity index (χ2n) is 5.33. The molecule has 4 nitrogen and oxygen atoms in total. The number of rotatable bonds is 7. The van der Waals surface area contributed by atoms with Crippen molar-refractivity contribution in [1.82, 2.24) is 4.72 Å². The second-order valence-corrected chi connectivity index (χ2v) is 7.25. The monoisotopic (exact) mass is 283 g/mol. The highest BCUT2D eigenvalue weighted by Gasteiger charge is 2.24. The highest BCUT2D eigenvalue weighted by molar-refractivity contribution is 7.89. The molecule has 106 valence electrons. The maximum Gasteiger partial charge on any atom is 0.211 e. The topological polar surface area (TPSA) is 66.4 Å². The van der Waals surface area contributed by atoms with Crippen molar-refractivity contribution < 1.29 is 13.5 Å². The molecule has 5 heteroatoms. The minimum Gasteiger partial charge on any atom is -0.387 e. The zero-order chi connectivity index (χ0) is 13.9. The first kappa shape index (κ1) is 14.5. The van der Waals surface area contributed by atoms with Gasteiger partial charge in [-0.05, 0) is 24.8 Å². The molecule has 1 aromatic rings. The lowest BCUT2D eigenvalue weighted by Crippen LogP contribution is -2.30. The summed E-state index contributed by atoms with van der Waals surface area (Å²) in [6.45, 7) is 2.01. The third kappa shape index (κ3) is 4.93. The van der Waals surface area contributed by atoms with Gasteiger partial charge in [-0.1, -0.05) is 42.7 Å². The number of benzene rings is 1. The Balaban J connectivity index is 1.81. The maximum absolute atomic E-state index is 11.7. The number of sulfonamides is 1. The van der Waals surface area contributed by atoms with Crippen molar-refractivity contribution in [2.45, 2.75) is 32.3 Å². The average Bonchev–Trinajstić information content (AvgIpc) is 3.19. The summed E-state index contributed by atoms with van der Waals surface area (Å²) in [6.07, 6.45) is 2.25.